The molecule has 8 heteroatoms. The van der Waals surface area contributed by atoms with Gasteiger partial charge >= 0.3 is 6.18 Å². The molecule has 4 nitrogen and oxygen atoms in total. The molecule has 0 atom stereocenters. The molecule has 2 rings (SSSR count). The summed E-state index contributed by atoms with van der Waals surface area (Å²) in [5, 5.41) is 2.35. The average molecular weight is 305 g/mol. The van der Waals surface area contributed by atoms with Crippen molar-refractivity contribution in [3.8, 4) is 11.4 Å². The SMILES string of the molecule is COc1ccc(-n2nc(C(F)(F)F)cc2C(=O)Cl)cc1. The van der Waals surface area contributed by atoms with Crippen LogP contribution in [0.5, 0.6) is 5.75 Å². The minimum absolute atomic E-state index is 0.269. The van der Waals surface area contributed by atoms with Gasteiger partial charge in [0.1, 0.15) is 11.4 Å². The van der Waals surface area contributed by atoms with Gasteiger partial charge < -0.3 is 4.74 Å². The number of carbonyl (C=O) groups is 1. The predicted molar refractivity (Wildman–Crippen MR) is 65.3 cm³/mol. The van der Waals surface area contributed by atoms with Gasteiger partial charge in [0.05, 0.1) is 12.8 Å². The lowest BCUT2D eigenvalue weighted by atomic mass is 10.3. The molecular formula is C12H8ClF3N2O2. The Morgan fingerprint density at radius 1 is 1.30 bits per heavy atom. The summed E-state index contributed by atoms with van der Waals surface area (Å²) < 4.78 is 43.7. The minimum atomic E-state index is -4.65. The Hall–Kier alpha value is -2.02. The quantitative estimate of drug-likeness (QED) is 0.817. The van der Waals surface area contributed by atoms with E-state index in [1.54, 1.807) is 0 Å². The third kappa shape index (κ3) is 2.77. The molecule has 0 bridgehead atoms. The van der Waals surface area contributed by atoms with Crippen LogP contribution in [0.25, 0.3) is 5.69 Å². The number of benzene rings is 1. The van der Waals surface area contributed by atoms with Crippen LogP contribution in [0.2, 0.25) is 0 Å². The molecule has 0 aliphatic carbocycles. The molecule has 0 spiro atoms. The van der Waals surface area contributed by atoms with E-state index in [0.29, 0.717) is 11.8 Å². The summed E-state index contributed by atoms with van der Waals surface area (Å²) in [5.74, 6) is 0.524. The number of rotatable bonds is 3. The van der Waals surface area contributed by atoms with Crippen molar-refractivity contribution < 1.29 is 22.7 Å². The molecule has 0 aliphatic heterocycles. The smallest absolute Gasteiger partial charge is 0.435 e. The highest BCUT2D eigenvalue weighted by atomic mass is 35.5. The van der Waals surface area contributed by atoms with Crippen LogP contribution < -0.4 is 4.74 Å². The fourth-order valence-corrected chi connectivity index (χ4v) is 1.71. The van der Waals surface area contributed by atoms with Gasteiger partial charge in [-0.15, -0.1) is 0 Å². The van der Waals surface area contributed by atoms with Crippen molar-refractivity contribution in [2.24, 2.45) is 0 Å². The number of hydrogen-bond donors (Lipinski definition) is 0. The third-order valence-corrected chi connectivity index (χ3v) is 2.71. The number of alkyl halides is 3. The Bertz CT molecular complexity index is 635. The van der Waals surface area contributed by atoms with E-state index < -0.39 is 17.1 Å². The van der Waals surface area contributed by atoms with Crippen LogP contribution in [0, 0.1) is 0 Å². The number of methoxy groups -OCH3 is 1. The zero-order valence-electron chi connectivity index (χ0n) is 10.1. The van der Waals surface area contributed by atoms with Crippen molar-refractivity contribution in [3.63, 3.8) is 0 Å². The second kappa shape index (κ2) is 5.16. The molecule has 0 fully saturated rings. The first kappa shape index (κ1) is 14.4. The first-order chi connectivity index (χ1) is 9.32. The third-order valence-electron chi connectivity index (χ3n) is 2.52. The lowest BCUT2D eigenvalue weighted by Crippen LogP contribution is -2.08. The fourth-order valence-electron chi connectivity index (χ4n) is 1.58. The first-order valence-electron chi connectivity index (χ1n) is 5.34. The summed E-state index contributed by atoms with van der Waals surface area (Å²) in [4.78, 5) is 11.2. The summed E-state index contributed by atoms with van der Waals surface area (Å²) in [7, 11) is 1.46. The summed E-state index contributed by atoms with van der Waals surface area (Å²) >= 11 is 5.29. The number of carbonyl (C=O) groups excluding carboxylic acids is 1. The number of nitrogens with zero attached hydrogens (tertiary/aromatic N) is 2. The van der Waals surface area contributed by atoms with Crippen LogP contribution >= 0.6 is 11.6 Å². The average Bonchev–Trinajstić information content (AvgIpc) is 2.84. The van der Waals surface area contributed by atoms with E-state index >= 15 is 0 Å². The highest BCUT2D eigenvalue weighted by Crippen LogP contribution is 2.30. The predicted octanol–water partition coefficient (Wildman–Crippen LogP) is 3.28. The van der Waals surface area contributed by atoms with Crippen LogP contribution in [0.4, 0.5) is 13.2 Å². The Balaban J connectivity index is 2.53. The maximum atomic E-state index is 12.6. The van der Waals surface area contributed by atoms with Crippen LogP contribution in [-0.2, 0) is 6.18 Å². The van der Waals surface area contributed by atoms with Gasteiger partial charge in [-0.2, -0.15) is 18.3 Å². The topological polar surface area (TPSA) is 44.1 Å². The Morgan fingerprint density at radius 3 is 2.35 bits per heavy atom. The van der Waals surface area contributed by atoms with Crippen molar-refractivity contribution >= 4 is 16.8 Å². The summed E-state index contributed by atoms with van der Waals surface area (Å²) in [6.45, 7) is 0. The van der Waals surface area contributed by atoms with E-state index in [2.05, 4.69) is 5.10 Å². The summed E-state index contributed by atoms with van der Waals surface area (Å²) in [6.07, 6.45) is -4.65. The normalized spacial score (nSPS) is 11.4. The monoisotopic (exact) mass is 304 g/mol. The zero-order chi connectivity index (χ0) is 14.9. The van der Waals surface area contributed by atoms with Crippen LogP contribution in [0.3, 0.4) is 0 Å². The molecule has 20 heavy (non-hydrogen) atoms. The van der Waals surface area contributed by atoms with Gasteiger partial charge in [-0.05, 0) is 35.9 Å². The lowest BCUT2D eigenvalue weighted by molar-refractivity contribution is -0.141. The number of halogens is 4. The van der Waals surface area contributed by atoms with Gasteiger partial charge in [-0.3, -0.25) is 4.79 Å². The van der Waals surface area contributed by atoms with Crippen molar-refractivity contribution in [2.45, 2.75) is 6.18 Å². The Labute approximate surface area is 116 Å². The molecule has 1 heterocycles. The van der Waals surface area contributed by atoms with E-state index in [1.165, 1.54) is 31.4 Å². The van der Waals surface area contributed by atoms with E-state index in [0.717, 1.165) is 4.68 Å². The highest BCUT2D eigenvalue weighted by Gasteiger charge is 2.35. The van der Waals surface area contributed by atoms with Gasteiger partial charge in [-0.1, -0.05) is 0 Å². The van der Waals surface area contributed by atoms with Gasteiger partial charge in [0.15, 0.2) is 5.69 Å². The minimum Gasteiger partial charge on any atom is -0.497 e. The standard InChI is InChI=1S/C12H8ClF3N2O2/c1-20-8-4-2-7(3-5-8)18-9(11(13)19)6-10(17-18)12(14,15)16/h2-6H,1H3. The number of aromatic nitrogens is 2. The summed E-state index contributed by atoms with van der Waals surface area (Å²) in [5.41, 5.74) is -1.27. The van der Waals surface area contributed by atoms with Crippen molar-refractivity contribution in [1.82, 2.24) is 9.78 Å². The Kier molecular flexibility index (Phi) is 3.71. The molecule has 0 N–H and O–H groups in total. The Morgan fingerprint density at radius 2 is 1.90 bits per heavy atom. The van der Waals surface area contributed by atoms with Crippen molar-refractivity contribution in [2.75, 3.05) is 7.11 Å². The van der Waals surface area contributed by atoms with Crippen molar-refractivity contribution in [1.29, 1.82) is 0 Å². The largest absolute Gasteiger partial charge is 0.497 e. The number of ether oxygens (including phenoxy) is 1. The van der Waals surface area contributed by atoms with E-state index in [4.69, 9.17) is 16.3 Å². The maximum absolute atomic E-state index is 12.6. The fraction of sp³-hybridized carbons (Fsp3) is 0.167. The zero-order valence-corrected chi connectivity index (χ0v) is 10.9. The van der Waals surface area contributed by atoms with Crippen LogP contribution in [0.1, 0.15) is 16.2 Å². The molecule has 2 aromatic rings. The van der Waals surface area contributed by atoms with Gasteiger partial charge in [0, 0.05) is 6.07 Å². The summed E-state index contributed by atoms with van der Waals surface area (Å²) in [6, 6.07) is 6.61. The molecule has 0 aliphatic rings. The number of hydrogen-bond acceptors (Lipinski definition) is 3. The second-order valence-corrected chi connectivity index (χ2v) is 4.14. The van der Waals surface area contributed by atoms with Gasteiger partial charge in [-0.25, -0.2) is 4.68 Å². The maximum Gasteiger partial charge on any atom is 0.435 e. The molecule has 0 amide bonds. The van der Waals surface area contributed by atoms with Crippen molar-refractivity contribution in [3.05, 3.63) is 41.7 Å². The molecule has 1 aromatic carbocycles. The van der Waals surface area contributed by atoms with Gasteiger partial charge in [0.25, 0.3) is 5.24 Å². The van der Waals surface area contributed by atoms with Crippen LogP contribution in [0.15, 0.2) is 30.3 Å². The van der Waals surface area contributed by atoms with E-state index in [-0.39, 0.29) is 11.4 Å². The van der Waals surface area contributed by atoms with E-state index in [1.807, 2.05) is 0 Å². The molecular weight excluding hydrogens is 297 g/mol. The molecule has 106 valence electrons. The highest BCUT2D eigenvalue weighted by molar-refractivity contribution is 6.67. The molecule has 0 saturated carbocycles. The lowest BCUT2D eigenvalue weighted by Gasteiger charge is -2.06. The molecule has 0 radical (unpaired) electrons. The van der Waals surface area contributed by atoms with Crippen LogP contribution in [-0.4, -0.2) is 22.1 Å². The van der Waals surface area contributed by atoms with E-state index in [9.17, 15) is 18.0 Å². The molecule has 0 saturated heterocycles. The first-order valence-corrected chi connectivity index (χ1v) is 5.72. The van der Waals surface area contributed by atoms with Gasteiger partial charge in [0.2, 0.25) is 0 Å². The second-order valence-electron chi connectivity index (χ2n) is 3.80. The molecule has 1 aromatic heterocycles. The molecule has 0 unspecified atom stereocenters.